The third-order valence-corrected chi connectivity index (χ3v) is 7.21. The highest BCUT2D eigenvalue weighted by atomic mass is 32.2. The van der Waals surface area contributed by atoms with Crippen LogP contribution in [-0.4, -0.2) is 50.9 Å². The first kappa shape index (κ1) is 21.3. The Bertz CT molecular complexity index is 1070. The molecular weight excluding hydrogens is 414 g/mol. The quantitative estimate of drug-likeness (QED) is 0.393. The van der Waals surface area contributed by atoms with Crippen LogP contribution in [0, 0.1) is 0 Å². The van der Waals surface area contributed by atoms with E-state index in [1.807, 2.05) is 6.92 Å². The summed E-state index contributed by atoms with van der Waals surface area (Å²) in [6.07, 6.45) is 0.668. The first-order chi connectivity index (χ1) is 13.9. The van der Waals surface area contributed by atoms with Crippen molar-refractivity contribution < 1.29 is 12.8 Å². The van der Waals surface area contributed by atoms with Crippen LogP contribution in [0.4, 0.5) is 0 Å². The van der Waals surface area contributed by atoms with Crippen molar-refractivity contribution in [3.05, 3.63) is 36.0 Å². The summed E-state index contributed by atoms with van der Waals surface area (Å²) in [5.74, 6) is 7.96. The average molecular weight is 438 g/mol. The lowest BCUT2D eigenvalue weighted by atomic mass is 10.2. The van der Waals surface area contributed by atoms with E-state index in [0.717, 1.165) is 0 Å². The molecule has 0 unspecified atom stereocenters. The van der Waals surface area contributed by atoms with Gasteiger partial charge in [0, 0.05) is 25.1 Å². The van der Waals surface area contributed by atoms with E-state index in [-0.39, 0.29) is 4.90 Å². The summed E-state index contributed by atoms with van der Waals surface area (Å²) in [6.45, 7) is 6.33. The molecule has 0 aliphatic carbocycles. The number of sulfonamides is 1. The normalized spacial score (nSPS) is 12.0. The van der Waals surface area contributed by atoms with Crippen molar-refractivity contribution in [3.8, 4) is 11.4 Å². The minimum atomic E-state index is -3.58. The van der Waals surface area contributed by atoms with Gasteiger partial charge in [-0.25, -0.2) is 13.1 Å². The van der Waals surface area contributed by atoms with E-state index in [0.29, 0.717) is 53.6 Å². The Morgan fingerprint density at radius 3 is 2.48 bits per heavy atom. The Hall–Kier alpha value is -2.44. The Balaban J connectivity index is 1.83. The van der Waals surface area contributed by atoms with Crippen LogP contribution >= 0.6 is 11.8 Å². The lowest BCUT2D eigenvalue weighted by molar-refractivity contribution is 0.445. The van der Waals surface area contributed by atoms with Gasteiger partial charge in [-0.15, -0.1) is 20.4 Å². The van der Waals surface area contributed by atoms with Gasteiger partial charge in [-0.1, -0.05) is 44.7 Å². The molecule has 156 valence electrons. The number of aromatic nitrogens is 5. The SMILES string of the molecule is CCc1nnc(CSc2nnc(-c3cccc(S(=O)(=O)N(CC)CC)c3)n2N)o1. The third kappa shape index (κ3) is 4.43. The zero-order valence-corrected chi connectivity index (χ0v) is 18.1. The lowest BCUT2D eigenvalue weighted by Crippen LogP contribution is -2.30. The average Bonchev–Trinajstić information content (AvgIpc) is 3.33. The molecule has 0 aliphatic heterocycles. The molecule has 0 aliphatic rings. The van der Waals surface area contributed by atoms with Crippen LogP contribution in [0.1, 0.15) is 32.6 Å². The molecule has 1 aromatic carbocycles. The minimum Gasteiger partial charge on any atom is -0.424 e. The Morgan fingerprint density at radius 1 is 1.10 bits per heavy atom. The van der Waals surface area contributed by atoms with Crippen LogP contribution in [-0.2, 0) is 22.2 Å². The number of hydrogen-bond acceptors (Lipinski definition) is 9. The van der Waals surface area contributed by atoms with Crippen LogP contribution in [0.15, 0.2) is 38.7 Å². The summed E-state index contributed by atoms with van der Waals surface area (Å²) < 4.78 is 33.8. The summed E-state index contributed by atoms with van der Waals surface area (Å²) in [5.41, 5.74) is 0.561. The Morgan fingerprint density at radius 2 is 1.83 bits per heavy atom. The fourth-order valence-corrected chi connectivity index (χ4v) is 4.89. The molecule has 2 aromatic heterocycles. The van der Waals surface area contributed by atoms with Gasteiger partial charge in [0.1, 0.15) is 0 Å². The second kappa shape index (κ2) is 8.93. The molecule has 3 aromatic rings. The van der Waals surface area contributed by atoms with Crippen molar-refractivity contribution in [1.29, 1.82) is 0 Å². The molecule has 2 N–H and O–H groups in total. The number of thioether (sulfide) groups is 1. The highest BCUT2D eigenvalue weighted by Crippen LogP contribution is 2.26. The van der Waals surface area contributed by atoms with Gasteiger partial charge < -0.3 is 10.3 Å². The van der Waals surface area contributed by atoms with Crippen molar-refractivity contribution in [3.63, 3.8) is 0 Å². The van der Waals surface area contributed by atoms with E-state index in [1.54, 1.807) is 38.1 Å². The van der Waals surface area contributed by atoms with E-state index in [4.69, 9.17) is 10.3 Å². The smallest absolute Gasteiger partial charge is 0.243 e. The number of nitrogens with zero attached hydrogens (tertiary/aromatic N) is 6. The molecule has 29 heavy (non-hydrogen) atoms. The standard InChI is InChI=1S/C17H23N7O3S2/c1-4-14-19-20-15(27-14)11-28-17-22-21-16(24(17)18)12-8-7-9-13(10-12)29(25,26)23(5-2)6-3/h7-10H,4-6,11,18H2,1-3H3. The number of benzene rings is 1. The van der Waals surface area contributed by atoms with Crippen molar-refractivity contribution in [2.45, 2.75) is 43.0 Å². The Kier molecular flexibility index (Phi) is 6.55. The van der Waals surface area contributed by atoms with Crippen molar-refractivity contribution in [2.75, 3.05) is 18.9 Å². The number of rotatable bonds is 9. The van der Waals surface area contributed by atoms with E-state index < -0.39 is 10.0 Å². The molecule has 2 heterocycles. The zero-order valence-electron chi connectivity index (χ0n) is 16.4. The van der Waals surface area contributed by atoms with Crippen molar-refractivity contribution in [2.24, 2.45) is 0 Å². The van der Waals surface area contributed by atoms with Gasteiger partial charge in [-0.3, -0.25) is 0 Å². The number of aryl methyl sites for hydroxylation is 1. The van der Waals surface area contributed by atoms with Gasteiger partial charge >= 0.3 is 0 Å². The topological polar surface area (TPSA) is 133 Å². The molecule has 12 heteroatoms. The molecule has 0 saturated carbocycles. The second-order valence-electron chi connectivity index (χ2n) is 6.03. The van der Waals surface area contributed by atoms with Crippen LogP contribution in [0.25, 0.3) is 11.4 Å². The highest BCUT2D eigenvalue weighted by Gasteiger charge is 2.23. The van der Waals surface area contributed by atoms with Crippen LogP contribution in [0.3, 0.4) is 0 Å². The summed E-state index contributed by atoms with van der Waals surface area (Å²) >= 11 is 1.30. The van der Waals surface area contributed by atoms with E-state index in [2.05, 4.69) is 20.4 Å². The molecule has 0 radical (unpaired) electrons. The number of hydrogen-bond donors (Lipinski definition) is 1. The molecule has 0 amide bonds. The first-order valence-corrected chi connectivity index (χ1v) is 11.6. The van der Waals surface area contributed by atoms with Gasteiger partial charge in [0.15, 0.2) is 5.82 Å². The summed E-state index contributed by atoms with van der Waals surface area (Å²) in [6, 6.07) is 6.53. The predicted molar refractivity (Wildman–Crippen MR) is 109 cm³/mol. The maximum atomic E-state index is 12.8. The van der Waals surface area contributed by atoms with Crippen molar-refractivity contribution >= 4 is 21.8 Å². The number of nitrogen functional groups attached to an aromatic ring is 1. The second-order valence-corrected chi connectivity index (χ2v) is 8.91. The van der Waals surface area contributed by atoms with Crippen LogP contribution in [0.2, 0.25) is 0 Å². The maximum absolute atomic E-state index is 12.8. The largest absolute Gasteiger partial charge is 0.424 e. The molecule has 0 bridgehead atoms. The molecule has 3 rings (SSSR count). The predicted octanol–water partition coefficient (Wildman–Crippen LogP) is 1.93. The summed E-state index contributed by atoms with van der Waals surface area (Å²) in [5, 5.41) is 16.5. The fraction of sp³-hybridized carbons (Fsp3) is 0.412. The fourth-order valence-electron chi connectivity index (χ4n) is 2.70. The molecular formula is C17H23N7O3S2. The molecule has 0 fully saturated rings. The van der Waals surface area contributed by atoms with Gasteiger partial charge in [-0.05, 0) is 12.1 Å². The van der Waals surface area contributed by atoms with Gasteiger partial charge in [0.05, 0.1) is 10.6 Å². The van der Waals surface area contributed by atoms with E-state index >= 15 is 0 Å². The summed E-state index contributed by atoms with van der Waals surface area (Å²) in [4.78, 5) is 0.189. The van der Waals surface area contributed by atoms with E-state index in [1.165, 1.54) is 20.7 Å². The van der Waals surface area contributed by atoms with E-state index in [9.17, 15) is 8.42 Å². The molecule has 0 atom stereocenters. The highest BCUT2D eigenvalue weighted by molar-refractivity contribution is 7.98. The summed E-state index contributed by atoms with van der Waals surface area (Å²) in [7, 11) is -3.58. The monoisotopic (exact) mass is 437 g/mol. The number of nitrogens with two attached hydrogens (primary N) is 1. The van der Waals surface area contributed by atoms with Gasteiger partial charge in [-0.2, -0.15) is 4.31 Å². The van der Waals surface area contributed by atoms with Gasteiger partial charge in [0.2, 0.25) is 27.0 Å². The minimum absolute atomic E-state index is 0.189. The van der Waals surface area contributed by atoms with Gasteiger partial charge in [0.25, 0.3) is 0 Å². The van der Waals surface area contributed by atoms with Crippen LogP contribution in [0.5, 0.6) is 0 Å². The molecule has 10 nitrogen and oxygen atoms in total. The maximum Gasteiger partial charge on any atom is 0.243 e. The first-order valence-electron chi connectivity index (χ1n) is 9.15. The molecule has 0 saturated heterocycles. The lowest BCUT2D eigenvalue weighted by Gasteiger charge is -2.18. The van der Waals surface area contributed by atoms with Crippen molar-refractivity contribution in [1.82, 2.24) is 29.4 Å². The van der Waals surface area contributed by atoms with Crippen LogP contribution < -0.4 is 5.84 Å². The molecule has 0 spiro atoms. The zero-order chi connectivity index (χ0) is 21.0. The Labute approximate surface area is 173 Å². The third-order valence-electron chi connectivity index (χ3n) is 4.24.